The van der Waals surface area contributed by atoms with E-state index in [1.807, 2.05) is 0 Å². The average molecular weight is 82.1 g/mol. The van der Waals surface area contributed by atoms with Gasteiger partial charge in [0.15, 0.2) is 0 Å². The maximum Gasteiger partial charge on any atom is 0.146 e. The van der Waals surface area contributed by atoms with Crippen molar-refractivity contribution in [1.29, 1.82) is 0 Å². The molecule has 2 rings (SSSR count). The highest BCUT2D eigenvalue weighted by atomic mass is 15.5. The third-order valence-electron chi connectivity index (χ3n) is 1.20. The third-order valence-corrected chi connectivity index (χ3v) is 1.20. The number of hydrogen-bond acceptors (Lipinski definition) is 2. The Labute approximate surface area is 36.2 Å². The summed E-state index contributed by atoms with van der Waals surface area (Å²) in [4.78, 5) is 0. The Kier molecular flexibility index (Phi) is 0.261. The van der Waals surface area contributed by atoms with Crippen molar-refractivity contribution in [2.45, 2.75) is 12.8 Å². The number of hydrazone groups is 1. The Morgan fingerprint density at radius 2 is 2.33 bits per heavy atom. The van der Waals surface area contributed by atoms with E-state index in [0.29, 0.717) is 0 Å². The fraction of sp³-hybridized carbons (Fsp3) is 0.750. The van der Waals surface area contributed by atoms with Crippen LogP contribution in [0.4, 0.5) is 0 Å². The highest BCUT2D eigenvalue weighted by molar-refractivity contribution is 5.94. The van der Waals surface area contributed by atoms with Gasteiger partial charge in [0, 0.05) is 5.92 Å². The first-order valence-corrected chi connectivity index (χ1v) is 2.30. The molecular weight excluding hydrogens is 76.1 g/mol. The van der Waals surface area contributed by atoms with Crippen molar-refractivity contribution in [3.63, 3.8) is 0 Å². The van der Waals surface area contributed by atoms with E-state index < -0.39 is 0 Å². The number of amidine groups is 1. The summed E-state index contributed by atoms with van der Waals surface area (Å²) in [5.74, 6) is 2.10. The van der Waals surface area contributed by atoms with Gasteiger partial charge in [0.05, 0.1) is 0 Å². The molecular formula is C4H6N2. The molecule has 1 heterocycles. The Balaban J connectivity index is 2.07. The maximum absolute atomic E-state index is 3.83. The smallest absolute Gasteiger partial charge is 0.146 e. The fourth-order valence-corrected chi connectivity index (χ4v) is 0.572. The summed E-state index contributed by atoms with van der Waals surface area (Å²) in [5, 5.41) is 3.83. The van der Waals surface area contributed by atoms with E-state index in [0.717, 1.165) is 5.92 Å². The van der Waals surface area contributed by atoms with E-state index in [1.165, 1.54) is 18.7 Å². The van der Waals surface area contributed by atoms with Crippen molar-refractivity contribution in [1.82, 2.24) is 5.43 Å². The molecule has 1 saturated carbocycles. The predicted molar refractivity (Wildman–Crippen MR) is 23.3 cm³/mol. The van der Waals surface area contributed by atoms with Crippen LogP contribution in [0.25, 0.3) is 0 Å². The zero-order valence-corrected chi connectivity index (χ0v) is 3.44. The number of hydrogen-bond donors (Lipinski definition) is 1. The van der Waals surface area contributed by atoms with Crippen molar-refractivity contribution in [3.05, 3.63) is 0 Å². The Morgan fingerprint density at radius 1 is 1.67 bits per heavy atom. The van der Waals surface area contributed by atoms with Crippen LogP contribution in [-0.4, -0.2) is 5.84 Å². The van der Waals surface area contributed by atoms with Gasteiger partial charge >= 0.3 is 0 Å². The van der Waals surface area contributed by atoms with E-state index in [9.17, 15) is 0 Å². The molecule has 0 spiro atoms. The monoisotopic (exact) mass is 82.1 g/mol. The van der Waals surface area contributed by atoms with Gasteiger partial charge in [-0.2, -0.15) is 5.10 Å². The first kappa shape index (κ1) is 2.61. The first-order valence-electron chi connectivity index (χ1n) is 2.30. The Morgan fingerprint density at radius 3 is 2.50 bits per heavy atom. The van der Waals surface area contributed by atoms with E-state index in [4.69, 9.17) is 0 Å². The molecule has 1 aliphatic heterocycles. The Bertz CT molecular complexity index is 102. The molecule has 1 aliphatic carbocycles. The van der Waals surface area contributed by atoms with Crippen molar-refractivity contribution in [2.75, 3.05) is 0 Å². The zero-order chi connectivity index (χ0) is 3.98. The molecule has 0 aromatic heterocycles. The molecule has 2 aliphatic rings. The molecule has 0 radical (unpaired) electrons. The van der Waals surface area contributed by atoms with E-state index in [2.05, 4.69) is 10.5 Å². The molecule has 1 fully saturated rings. The molecule has 1 N–H and O–H groups in total. The quantitative estimate of drug-likeness (QED) is 0.485. The largest absolute Gasteiger partial charge is 0.261 e. The van der Waals surface area contributed by atoms with Crippen LogP contribution >= 0.6 is 0 Å². The lowest BCUT2D eigenvalue weighted by molar-refractivity contribution is 1.17. The number of nitrogens with one attached hydrogen (secondary N) is 1. The van der Waals surface area contributed by atoms with Crippen LogP contribution in [0.3, 0.4) is 0 Å². The van der Waals surface area contributed by atoms with Crippen molar-refractivity contribution >= 4 is 5.84 Å². The normalized spacial score (nSPS) is 28.3. The van der Waals surface area contributed by atoms with Gasteiger partial charge in [-0.1, -0.05) is 0 Å². The SMILES string of the molecule is C1CC1C1=NN1. The molecule has 0 bridgehead atoms. The summed E-state index contributed by atoms with van der Waals surface area (Å²) >= 11 is 0. The molecule has 0 atom stereocenters. The van der Waals surface area contributed by atoms with Crippen molar-refractivity contribution < 1.29 is 0 Å². The lowest BCUT2D eigenvalue weighted by atomic mass is 10.4. The molecule has 2 heteroatoms. The minimum absolute atomic E-state index is 0.852. The van der Waals surface area contributed by atoms with Crippen LogP contribution in [0.5, 0.6) is 0 Å². The topological polar surface area (TPSA) is 34.3 Å². The zero-order valence-electron chi connectivity index (χ0n) is 3.44. The summed E-state index contributed by atoms with van der Waals surface area (Å²) in [6.45, 7) is 0. The molecule has 0 amide bonds. The number of nitrogens with zero attached hydrogens (tertiary/aromatic N) is 1. The minimum Gasteiger partial charge on any atom is -0.261 e. The van der Waals surface area contributed by atoms with Crippen molar-refractivity contribution in [2.24, 2.45) is 11.0 Å². The van der Waals surface area contributed by atoms with Gasteiger partial charge in [-0.3, -0.25) is 5.43 Å². The molecule has 2 nitrogen and oxygen atoms in total. The fourth-order valence-electron chi connectivity index (χ4n) is 0.572. The van der Waals surface area contributed by atoms with E-state index in [1.54, 1.807) is 0 Å². The van der Waals surface area contributed by atoms with E-state index >= 15 is 0 Å². The summed E-state index contributed by atoms with van der Waals surface area (Å²) in [7, 11) is 0. The van der Waals surface area contributed by atoms with Crippen LogP contribution in [-0.2, 0) is 0 Å². The van der Waals surface area contributed by atoms with E-state index in [-0.39, 0.29) is 0 Å². The number of rotatable bonds is 1. The third kappa shape index (κ3) is 0.236. The lowest BCUT2D eigenvalue weighted by Gasteiger charge is -1.66. The van der Waals surface area contributed by atoms with Crippen molar-refractivity contribution in [3.8, 4) is 0 Å². The molecule has 0 aromatic rings. The molecule has 0 unspecified atom stereocenters. The van der Waals surface area contributed by atoms with Gasteiger partial charge in [0.2, 0.25) is 0 Å². The van der Waals surface area contributed by atoms with Gasteiger partial charge in [-0.05, 0) is 12.8 Å². The summed E-state index contributed by atoms with van der Waals surface area (Å²) < 4.78 is 0. The minimum atomic E-state index is 0.852. The molecule has 0 aromatic carbocycles. The van der Waals surface area contributed by atoms with Gasteiger partial charge in [0.25, 0.3) is 0 Å². The van der Waals surface area contributed by atoms with Crippen LogP contribution in [0, 0.1) is 5.92 Å². The van der Waals surface area contributed by atoms with Gasteiger partial charge in [-0.15, -0.1) is 0 Å². The summed E-state index contributed by atoms with van der Waals surface area (Å²) in [6.07, 6.45) is 2.73. The van der Waals surface area contributed by atoms with Gasteiger partial charge < -0.3 is 0 Å². The summed E-state index contributed by atoms with van der Waals surface area (Å²) in [5.41, 5.74) is 2.84. The average Bonchev–Trinajstić information content (AvgIpc) is 2.26. The standard InChI is InChI=1S/C4H6N2/c1-2-3(1)4-5-6-4/h3H,1-2H2,(H,5,6). The van der Waals surface area contributed by atoms with Crippen LogP contribution < -0.4 is 5.43 Å². The van der Waals surface area contributed by atoms with Crippen LogP contribution in [0.15, 0.2) is 5.10 Å². The van der Waals surface area contributed by atoms with Gasteiger partial charge in [0.1, 0.15) is 5.84 Å². The Hall–Kier alpha value is -0.530. The second kappa shape index (κ2) is 0.600. The second-order valence-electron chi connectivity index (χ2n) is 1.88. The maximum atomic E-state index is 3.83. The summed E-state index contributed by atoms with van der Waals surface area (Å²) in [6, 6.07) is 0. The second-order valence-corrected chi connectivity index (χ2v) is 1.88. The van der Waals surface area contributed by atoms with Crippen LogP contribution in [0.2, 0.25) is 0 Å². The van der Waals surface area contributed by atoms with Gasteiger partial charge in [-0.25, -0.2) is 0 Å². The highest BCUT2D eigenvalue weighted by Gasteiger charge is 2.32. The van der Waals surface area contributed by atoms with Crippen LogP contribution in [0.1, 0.15) is 12.8 Å². The highest BCUT2D eigenvalue weighted by Crippen LogP contribution is 2.31. The first-order chi connectivity index (χ1) is 2.97. The molecule has 6 heavy (non-hydrogen) atoms. The predicted octanol–water partition coefficient (Wildman–Crippen LogP) is 0.313. The molecule has 32 valence electrons. The lowest BCUT2D eigenvalue weighted by Crippen LogP contribution is -1.91. The molecule has 0 saturated heterocycles.